The highest BCUT2D eigenvalue weighted by molar-refractivity contribution is 8.26. The number of hydrogen-bond acceptors (Lipinski definition) is 2. The Kier molecular flexibility index (Phi) is 3.89. The first-order chi connectivity index (χ1) is 8.36. The zero-order valence-corrected chi connectivity index (χ0v) is 11.2. The normalized spacial score (nSPS) is 18.2. The van der Waals surface area contributed by atoms with Crippen LogP contribution in [0.3, 0.4) is 0 Å². The molecule has 1 fully saturated rings. The lowest BCUT2D eigenvalue weighted by Crippen LogP contribution is -2.10. The zero-order valence-electron chi connectivity index (χ0n) is 8.84. The van der Waals surface area contributed by atoms with E-state index in [0.717, 1.165) is 11.0 Å². The van der Waals surface area contributed by atoms with Crippen molar-refractivity contribution in [1.29, 1.82) is 0 Å². The van der Waals surface area contributed by atoms with Crippen molar-refractivity contribution in [3.8, 4) is 0 Å². The van der Waals surface area contributed by atoms with Crippen LogP contribution in [0.5, 0.6) is 0 Å². The van der Waals surface area contributed by atoms with Crippen LogP contribution in [0.2, 0.25) is 5.02 Å². The predicted octanol–water partition coefficient (Wildman–Crippen LogP) is 4.32. The Hall–Kier alpha value is -0.720. The van der Waals surface area contributed by atoms with Gasteiger partial charge in [-0.2, -0.15) is 13.2 Å². The summed E-state index contributed by atoms with van der Waals surface area (Å²) in [6.45, 7) is 0.452. The van der Waals surface area contributed by atoms with E-state index in [1.165, 1.54) is 30.0 Å². The second-order valence-electron chi connectivity index (χ2n) is 3.58. The van der Waals surface area contributed by atoms with Gasteiger partial charge in [-0.3, -0.25) is 0 Å². The second kappa shape index (κ2) is 5.11. The third-order valence-electron chi connectivity index (χ3n) is 2.27. The van der Waals surface area contributed by atoms with Crippen molar-refractivity contribution in [3.63, 3.8) is 0 Å². The number of thioether (sulfide) groups is 1. The van der Waals surface area contributed by atoms with Crippen molar-refractivity contribution < 1.29 is 13.2 Å². The highest BCUT2D eigenvalue weighted by atomic mass is 35.5. The van der Waals surface area contributed by atoms with Crippen molar-refractivity contribution in [1.82, 2.24) is 5.32 Å². The van der Waals surface area contributed by atoms with Gasteiger partial charge in [0.05, 0.1) is 5.56 Å². The second-order valence-corrected chi connectivity index (χ2v) is 5.82. The van der Waals surface area contributed by atoms with E-state index in [9.17, 15) is 13.2 Å². The fourth-order valence-corrected chi connectivity index (χ4v) is 2.80. The van der Waals surface area contributed by atoms with Crippen LogP contribution < -0.4 is 5.32 Å². The minimum atomic E-state index is -4.39. The standard InChI is InChI=1S/C11H7ClF3NS2/c12-7-1-2-9(11(13,14)15)6(3-7)4-8-5-16-10(17)18-8/h1-4H,5H2,(H,16,17). The summed E-state index contributed by atoms with van der Waals surface area (Å²) in [7, 11) is 0. The summed E-state index contributed by atoms with van der Waals surface area (Å²) in [4.78, 5) is 0.743. The Morgan fingerprint density at radius 2 is 2.11 bits per heavy atom. The molecule has 7 heteroatoms. The van der Waals surface area contributed by atoms with Crippen LogP contribution >= 0.6 is 35.6 Å². The molecule has 2 rings (SSSR count). The minimum absolute atomic E-state index is 0.0593. The molecule has 1 aromatic rings. The summed E-state index contributed by atoms with van der Waals surface area (Å²) >= 11 is 11.9. The number of halogens is 4. The minimum Gasteiger partial charge on any atom is -0.366 e. The van der Waals surface area contributed by atoms with Crippen molar-refractivity contribution in [2.75, 3.05) is 6.54 Å². The molecule has 1 saturated heterocycles. The molecule has 0 unspecified atom stereocenters. The summed E-state index contributed by atoms with van der Waals surface area (Å²) in [6, 6.07) is 3.52. The lowest BCUT2D eigenvalue weighted by atomic mass is 10.1. The van der Waals surface area contributed by atoms with Crippen LogP contribution in [0.25, 0.3) is 6.08 Å². The van der Waals surface area contributed by atoms with E-state index < -0.39 is 11.7 Å². The van der Waals surface area contributed by atoms with Crippen LogP contribution in [-0.4, -0.2) is 10.9 Å². The van der Waals surface area contributed by atoms with Gasteiger partial charge < -0.3 is 5.32 Å². The molecule has 0 aromatic heterocycles. The maximum Gasteiger partial charge on any atom is 0.416 e. The third-order valence-corrected chi connectivity index (χ3v) is 3.75. The summed E-state index contributed by atoms with van der Waals surface area (Å²) in [5, 5.41) is 3.15. The maximum atomic E-state index is 12.8. The van der Waals surface area contributed by atoms with Gasteiger partial charge in [0.2, 0.25) is 0 Å². The summed E-state index contributed by atoms with van der Waals surface area (Å²) in [5.74, 6) is 0. The fraction of sp³-hybridized carbons (Fsp3) is 0.182. The molecule has 0 atom stereocenters. The van der Waals surface area contributed by atoms with E-state index in [0.29, 0.717) is 10.9 Å². The monoisotopic (exact) mass is 309 g/mol. The zero-order chi connectivity index (χ0) is 13.3. The molecular formula is C11H7ClF3NS2. The van der Waals surface area contributed by atoms with Gasteiger partial charge >= 0.3 is 6.18 Å². The largest absolute Gasteiger partial charge is 0.416 e. The van der Waals surface area contributed by atoms with E-state index in [1.54, 1.807) is 0 Å². The molecule has 0 bridgehead atoms. The molecule has 1 aromatic carbocycles. The average Bonchev–Trinajstić information content (AvgIpc) is 2.62. The van der Waals surface area contributed by atoms with Gasteiger partial charge in [-0.25, -0.2) is 0 Å². The maximum absolute atomic E-state index is 12.8. The van der Waals surface area contributed by atoms with Crippen LogP contribution in [0.15, 0.2) is 23.1 Å². The molecule has 1 nitrogen and oxygen atoms in total. The Morgan fingerprint density at radius 1 is 1.39 bits per heavy atom. The van der Waals surface area contributed by atoms with Gasteiger partial charge in [-0.1, -0.05) is 35.6 Å². The predicted molar refractivity (Wildman–Crippen MR) is 72.6 cm³/mol. The van der Waals surface area contributed by atoms with Gasteiger partial charge in [-0.15, -0.1) is 0 Å². The molecule has 1 aliphatic rings. The molecule has 0 radical (unpaired) electrons. The van der Waals surface area contributed by atoms with Gasteiger partial charge in [-0.05, 0) is 29.8 Å². The number of nitrogens with one attached hydrogen (secondary N) is 1. The number of alkyl halides is 3. The van der Waals surface area contributed by atoms with Crippen molar-refractivity contribution >= 4 is 46.0 Å². The first-order valence-corrected chi connectivity index (χ1v) is 6.49. The van der Waals surface area contributed by atoms with Crippen LogP contribution in [0.1, 0.15) is 11.1 Å². The molecule has 0 spiro atoms. The molecule has 1 heterocycles. The molecule has 96 valence electrons. The molecule has 18 heavy (non-hydrogen) atoms. The topological polar surface area (TPSA) is 12.0 Å². The van der Waals surface area contributed by atoms with Crippen LogP contribution in [0, 0.1) is 0 Å². The van der Waals surface area contributed by atoms with Crippen molar-refractivity contribution in [2.45, 2.75) is 6.18 Å². The number of thiocarbonyl (C=S) groups is 1. The third kappa shape index (κ3) is 3.18. The fourth-order valence-electron chi connectivity index (χ4n) is 1.52. The lowest BCUT2D eigenvalue weighted by molar-refractivity contribution is -0.137. The van der Waals surface area contributed by atoms with E-state index in [4.69, 9.17) is 23.8 Å². The Balaban J connectivity index is 2.43. The first kappa shape index (κ1) is 13.7. The average molecular weight is 310 g/mol. The smallest absolute Gasteiger partial charge is 0.366 e. The van der Waals surface area contributed by atoms with Crippen LogP contribution in [-0.2, 0) is 6.18 Å². The van der Waals surface area contributed by atoms with Gasteiger partial charge in [0.25, 0.3) is 0 Å². The number of hydrogen-bond donors (Lipinski definition) is 1. The van der Waals surface area contributed by atoms with E-state index in [1.807, 2.05) is 0 Å². The summed E-state index contributed by atoms with van der Waals surface area (Å²) < 4.78 is 39.0. The molecule has 1 aliphatic heterocycles. The van der Waals surface area contributed by atoms with Crippen LogP contribution in [0.4, 0.5) is 13.2 Å². The summed E-state index contributed by atoms with van der Waals surface area (Å²) in [6.07, 6.45) is -2.93. The van der Waals surface area contributed by atoms with E-state index in [2.05, 4.69) is 5.32 Å². The highest BCUT2D eigenvalue weighted by Gasteiger charge is 2.33. The van der Waals surface area contributed by atoms with Crippen molar-refractivity contribution in [2.24, 2.45) is 0 Å². The molecule has 0 aliphatic carbocycles. The Morgan fingerprint density at radius 3 is 2.67 bits per heavy atom. The van der Waals surface area contributed by atoms with E-state index in [-0.39, 0.29) is 10.6 Å². The molecule has 1 N–H and O–H groups in total. The molecule has 0 saturated carbocycles. The number of benzene rings is 1. The Labute approximate surface area is 116 Å². The van der Waals surface area contributed by atoms with Crippen molar-refractivity contribution in [3.05, 3.63) is 39.3 Å². The number of rotatable bonds is 1. The highest BCUT2D eigenvalue weighted by Crippen LogP contribution is 2.35. The van der Waals surface area contributed by atoms with E-state index >= 15 is 0 Å². The SMILES string of the molecule is FC(F)(F)c1ccc(Cl)cc1C=C1CNC(=S)S1. The van der Waals surface area contributed by atoms with Gasteiger partial charge in [0.1, 0.15) is 4.32 Å². The quantitative estimate of drug-likeness (QED) is 0.776. The Bertz CT molecular complexity index is 526. The van der Waals surface area contributed by atoms with Gasteiger partial charge in [0.15, 0.2) is 0 Å². The summed E-state index contributed by atoms with van der Waals surface area (Å²) in [5.41, 5.74) is -0.637. The van der Waals surface area contributed by atoms with Gasteiger partial charge in [0, 0.05) is 16.5 Å². The molecule has 0 amide bonds. The molecular weight excluding hydrogens is 303 g/mol. The first-order valence-electron chi connectivity index (χ1n) is 4.89. The lowest BCUT2D eigenvalue weighted by Gasteiger charge is -2.11.